The van der Waals surface area contributed by atoms with Crippen LogP contribution in [-0.4, -0.2) is 59.5 Å². The molecule has 0 saturated carbocycles. The van der Waals surface area contributed by atoms with Crippen LogP contribution in [0.4, 0.5) is 5.69 Å². The molecule has 3 heterocycles. The Morgan fingerprint density at radius 1 is 1.15 bits per heavy atom. The van der Waals surface area contributed by atoms with Crippen LogP contribution in [0.15, 0.2) is 30.5 Å². The van der Waals surface area contributed by atoms with Crippen molar-refractivity contribution in [2.24, 2.45) is 0 Å². The number of hydrogen-bond acceptors (Lipinski definition) is 4. The summed E-state index contributed by atoms with van der Waals surface area (Å²) < 4.78 is 0. The average molecular weight is 352 g/mol. The predicted molar refractivity (Wildman–Crippen MR) is 105 cm³/mol. The second kappa shape index (κ2) is 7.62. The summed E-state index contributed by atoms with van der Waals surface area (Å²) in [5.41, 5.74) is 3.51. The summed E-state index contributed by atoms with van der Waals surface area (Å²) in [5, 5.41) is 4.95. The second-order valence-electron chi connectivity index (χ2n) is 7.61. The Morgan fingerprint density at radius 3 is 2.69 bits per heavy atom. The third-order valence-electron chi connectivity index (χ3n) is 5.75. The molecule has 2 aliphatic heterocycles. The van der Waals surface area contributed by atoms with Crippen molar-refractivity contribution in [3.63, 3.8) is 0 Å². The van der Waals surface area contributed by atoms with E-state index in [-0.39, 0.29) is 0 Å². The van der Waals surface area contributed by atoms with Crippen molar-refractivity contribution in [1.82, 2.24) is 14.8 Å². The van der Waals surface area contributed by atoms with Gasteiger partial charge in [-0.3, -0.25) is 14.7 Å². The molecule has 1 aromatic carbocycles. The van der Waals surface area contributed by atoms with Gasteiger partial charge >= 0.3 is 0 Å². The maximum absolute atomic E-state index is 12.3. The monoisotopic (exact) mass is 352 g/mol. The lowest BCUT2D eigenvalue weighted by molar-refractivity contribution is -0.131. The lowest BCUT2D eigenvalue weighted by Crippen LogP contribution is -2.44. The Bertz CT molecular complexity index is 777. The maximum Gasteiger partial charge on any atom is 0.236 e. The molecule has 0 aliphatic carbocycles. The van der Waals surface area contributed by atoms with Crippen LogP contribution in [0, 0.1) is 6.92 Å². The molecule has 1 amide bonds. The number of rotatable bonds is 4. The number of piperidine rings is 1. The molecule has 0 radical (unpaired) electrons. The number of nitrogens with one attached hydrogen (secondary N) is 1. The van der Waals surface area contributed by atoms with Gasteiger partial charge in [-0.1, -0.05) is 6.07 Å². The van der Waals surface area contributed by atoms with Crippen LogP contribution >= 0.6 is 0 Å². The molecule has 1 N–H and O–H groups in total. The molecule has 0 atom stereocenters. The fourth-order valence-corrected chi connectivity index (χ4v) is 4.15. The van der Waals surface area contributed by atoms with Crippen LogP contribution in [0.1, 0.15) is 31.2 Å². The minimum absolute atomic E-state index is 0.310. The molecule has 2 saturated heterocycles. The summed E-state index contributed by atoms with van der Waals surface area (Å²) >= 11 is 0. The molecule has 5 heteroatoms. The Morgan fingerprint density at radius 2 is 1.92 bits per heavy atom. The Balaban J connectivity index is 1.36. The van der Waals surface area contributed by atoms with Gasteiger partial charge in [0, 0.05) is 49.5 Å². The number of aromatic nitrogens is 1. The van der Waals surface area contributed by atoms with E-state index in [1.807, 2.05) is 17.2 Å². The minimum atomic E-state index is 0.310. The minimum Gasteiger partial charge on any atom is -0.381 e. The largest absolute Gasteiger partial charge is 0.381 e. The molecular weight excluding hydrogens is 324 g/mol. The normalized spacial score (nSPS) is 19.2. The van der Waals surface area contributed by atoms with Gasteiger partial charge in [-0.2, -0.15) is 0 Å². The van der Waals surface area contributed by atoms with Gasteiger partial charge in [0.25, 0.3) is 0 Å². The Labute approximate surface area is 155 Å². The number of benzene rings is 1. The first-order valence-corrected chi connectivity index (χ1v) is 9.82. The van der Waals surface area contributed by atoms with E-state index in [1.54, 1.807) is 0 Å². The van der Waals surface area contributed by atoms with Crippen molar-refractivity contribution in [2.75, 3.05) is 38.0 Å². The predicted octanol–water partition coefficient (Wildman–Crippen LogP) is 3.04. The van der Waals surface area contributed by atoms with Crippen molar-refractivity contribution < 1.29 is 4.79 Å². The van der Waals surface area contributed by atoms with Gasteiger partial charge in [-0.25, -0.2) is 0 Å². The van der Waals surface area contributed by atoms with E-state index in [9.17, 15) is 4.79 Å². The Hall–Kier alpha value is -2.14. The number of amides is 1. The maximum atomic E-state index is 12.3. The van der Waals surface area contributed by atoms with Crippen molar-refractivity contribution in [3.8, 4) is 0 Å². The van der Waals surface area contributed by atoms with Gasteiger partial charge in [0.1, 0.15) is 0 Å². The van der Waals surface area contributed by atoms with Crippen LogP contribution in [0.2, 0.25) is 0 Å². The average Bonchev–Trinajstić information content (AvgIpc) is 3.20. The fraction of sp³-hybridized carbons (Fsp3) is 0.524. The van der Waals surface area contributed by atoms with Gasteiger partial charge in [0.15, 0.2) is 0 Å². The highest BCUT2D eigenvalue weighted by Crippen LogP contribution is 2.28. The zero-order valence-electron chi connectivity index (χ0n) is 15.6. The number of likely N-dealkylation sites (tertiary alicyclic amines) is 2. The van der Waals surface area contributed by atoms with Crippen LogP contribution in [0.5, 0.6) is 0 Å². The summed E-state index contributed by atoms with van der Waals surface area (Å²) in [5.74, 6) is 0.310. The van der Waals surface area contributed by atoms with Crippen molar-refractivity contribution >= 4 is 22.5 Å². The molecule has 0 unspecified atom stereocenters. The van der Waals surface area contributed by atoms with Crippen molar-refractivity contribution in [3.05, 3.63) is 36.0 Å². The molecule has 2 fully saturated rings. The zero-order chi connectivity index (χ0) is 17.9. The molecule has 138 valence electrons. The third kappa shape index (κ3) is 3.68. The van der Waals surface area contributed by atoms with E-state index < -0.39 is 0 Å². The van der Waals surface area contributed by atoms with Crippen LogP contribution in [-0.2, 0) is 4.79 Å². The number of aryl methyl sites for hydroxylation is 1. The van der Waals surface area contributed by atoms with Crippen molar-refractivity contribution in [1.29, 1.82) is 0 Å². The van der Waals surface area contributed by atoms with Gasteiger partial charge in [0.2, 0.25) is 5.91 Å². The number of pyridine rings is 1. The van der Waals surface area contributed by atoms with Crippen molar-refractivity contribution in [2.45, 2.75) is 38.6 Å². The number of carbonyl (C=O) groups is 1. The smallest absolute Gasteiger partial charge is 0.236 e. The molecule has 1 aromatic heterocycles. The number of nitrogens with zero attached hydrogens (tertiary/aromatic N) is 3. The molecule has 5 nitrogen and oxygen atoms in total. The molecule has 0 spiro atoms. The number of hydrogen-bond donors (Lipinski definition) is 1. The van der Waals surface area contributed by atoms with Gasteiger partial charge in [-0.05, 0) is 56.4 Å². The first-order chi connectivity index (χ1) is 12.7. The molecule has 4 rings (SSSR count). The van der Waals surface area contributed by atoms with Gasteiger partial charge < -0.3 is 10.2 Å². The first kappa shape index (κ1) is 17.3. The highest BCUT2D eigenvalue weighted by atomic mass is 16.2. The summed E-state index contributed by atoms with van der Waals surface area (Å²) in [6, 6.07) is 8.82. The van der Waals surface area contributed by atoms with E-state index in [0.29, 0.717) is 18.5 Å². The molecular formula is C21H28N4O. The highest BCUT2D eigenvalue weighted by molar-refractivity contribution is 5.93. The highest BCUT2D eigenvalue weighted by Gasteiger charge is 2.24. The second-order valence-corrected chi connectivity index (χ2v) is 7.61. The summed E-state index contributed by atoms with van der Waals surface area (Å²) in [6.07, 6.45) is 6.32. The van der Waals surface area contributed by atoms with E-state index in [1.165, 1.54) is 16.6 Å². The van der Waals surface area contributed by atoms with Gasteiger partial charge in [0.05, 0.1) is 12.1 Å². The summed E-state index contributed by atoms with van der Waals surface area (Å²) in [4.78, 5) is 21.1. The molecule has 2 aromatic rings. The summed E-state index contributed by atoms with van der Waals surface area (Å²) in [7, 11) is 0. The first-order valence-electron chi connectivity index (χ1n) is 9.82. The standard InChI is InChI=1S/C21H28N4O/c1-16-6-7-19-18(5-4-10-22-19)21(16)23-17-8-13-24(14-9-17)15-20(26)25-11-2-3-12-25/h4-7,10,17,23H,2-3,8-9,11-15H2,1H3. The fourth-order valence-electron chi connectivity index (χ4n) is 4.15. The van der Waals surface area contributed by atoms with E-state index in [4.69, 9.17) is 0 Å². The van der Waals surface area contributed by atoms with Crippen LogP contribution < -0.4 is 5.32 Å². The number of anilines is 1. The number of carbonyl (C=O) groups excluding carboxylic acids is 1. The van der Waals surface area contributed by atoms with E-state index in [0.717, 1.165) is 57.4 Å². The summed E-state index contributed by atoms with van der Waals surface area (Å²) in [6.45, 7) is 6.61. The molecule has 2 aliphatic rings. The lowest BCUT2D eigenvalue weighted by Gasteiger charge is -2.33. The van der Waals surface area contributed by atoms with Crippen LogP contribution in [0.25, 0.3) is 10.9 Å². The molecule has 26 heavy (non-hydrogen) atoms. The molecule has 0 bridgehead atoms. The van der Waals surface area contributed by atoms with E-state index in [2.05, 4.69) is 40.3 Å². The van der Waals surface area contributed by atoms with E-state index >= 15 is 0 Å². The topological polar surface area (TPSA) is 48.5 Å². The third-order valence-corrected chi connectivity index (χ3v) is 5.75. The quantitative estimate of drug-likeness (QED) is 0.919. The van der Waals surface area contributed by atoms with Crippen LogP contribution in [0.3, 0.4) is 0 Å². The SMILES string of the molecule is Cc1ccc2ncccc2c1NC1CCN(CC(=O)N2CCCC2)CC1. The van der Waals surface area contributed by atoms with Gasteiger partial charge in [-0.15, -0.1) is 0 Å². The Kier molecular flexibility index (Phi) is 5.07. The number of fused-ring (bicyclic) bond motifs is 1. The zero-order valence-corrected chi connectivity index (χ0v) is 15.6. The lowest BCUT2D eigenvalue weighted by atomic mass is 10.0.